The second-order valence-corrected chi connectivity index (χ2v) is 4.10. The van der Waals surface area contributed by atoms with Crippen molar-refractivity contribution >= 4 is 39.9 Å². The standard InChI is InChI=1S/C10H7BrN2O4/c1-13-9(15)6(8(14)12-10(13)16)4-5-2-3-7(11)17-5/h2-4H,1H3,(H,12,14,16). The molecule has 4 amide bonds. The number of hydrogen-bond acceptors (Lipinski definition) is 4. The molecule has 0 bridgehead atoms. The summed E-state index contributed by atoms with van der Waals surface area (Å²) >= 11 is 3.10. The van der Waals surface area contributed by atoms with Crippen LogP contribution < -0.4 is 5.32 Å². The topological polar surface area (TPSA) is 79.6 Å². The van der Waals surface area contributed by atoms with Crippen molar-refractivity contribution < 1.29 is 18.8 Å². The van der Waals surface area contributed by atoms with Crippen LogP contribution in [0.3, 0.4) is 0 Å². The number of nitrogens with zero attached hydrogens (tertiary/aromatic N) is 1. The SMILES string of the molecule is CN1C(=O)NC(=O)C(=Cc2ccc(Br)o2)C1=O. The van der Waals surface area contributed by atoms with Gasteiger partial charge >= 0.3 is 6.03 Å². The molecule has 1 aromatic rings. The maximum absolute atomic E-state index is 11.7. The highest BCUT2D eigenvalue weighted by Crippen LogP contribution is 2.18. The summed E-state index contributed by atoms with van der Waals surface area (Å²) < 4.78 is 5.63. The minimum Gasteiger partial charge on any atom is -0.450 e. The predicted octanol–water partition coefficient (Wildman–Crippen LogP) is 1.13. The number of likely N-dealkylation sites (N-methyl/N-ethyl adjacent to an activating group) is 1. The minimum atomic E-state index is -0.738. The molecule has 2 heterocycles. The fourth-order valence-corrected chi connectivity index (χ4v) is 1.61. The van der Waals surface area contributed by atoms with Gasteiger partial charge in [0.15, 0.2) is 4.67 Å². The number of halogens is 1. The lowest BCUT2D eigenvalue weighted by molar-refractivity contribution is -0.129. The molecule has 1 fully saturated rings. The van der Waals surface area contributed by atoms with E-state index >= 15 is 0 Å². The van der Waals surface area contributed by atoms with Crippen molar-refractivity contribution in [2.75, 3.05) is 7.05 Å². The number of urea groups is 1. The van der Waals surface area contributed by atoms with Gasteiger partial charge in [0.1, 0.15) is 11.3 Å². The summed E-state index contributed by atoms with van der Waals surface area (Å²) in [7, 11) is 1.29. The van der Waals surface area contributed by atoms with E-state index in [2.05, 4.69) is 15.9 Å². The first-order chi connectivity index (χ1) is 7.99. The third-order valence-electron chi connectivity index (χ3n) is 2.19. The average Bonchev–Trinajstić information content (AvgIpc) is 2.67. The first-order valence-electron chi connectivity index (χ1n) is 4.59. The minimum absolute atomic E-state index is 0.144. The molecule has 1 aromatic heterocycles. The molecule has 1 aliphatic heterocycles. The van der Waals surface area contributed by atoms with E-state index in [1.54, 1.807) is 12.1 Å². The van der Waals surface area contributed by atoms with Crippen LogP contribution in [0.25, 0.3) is 6.08 Å². The summed E-state index contributed by atoms with van der Waals surface area (Å²) in [5.41, 5.74) is -0.144. The molecule has 0 unspecified atom stereocenters. The highest BCUT2D eigenvalue weighted by molar-refractivity contribution is 9.10. The van der Waals surface area contributed by atoms with Crippen LogP contribution in [0.5, 0.6) is 0 Å². The molecular weight excluding hydrogens is 292 g/mol. The van der Waals surface area contributed by atoms with Crippen molar-refractivity contribution in [3.05, 3.63) is 28.1 Å². The van der Waals surface area contributed by atoms with Crippen molar-refractivity contribution in [1.82, 2.24) is 10.2 Å². The second kappa shape index (κ2) is 4.17. The molecule has 0 spiro atoms. The fourth-order valence-electron chi connectivity index (χ4n) is 1.29. The first-order valence-corrected chi connectivity index (χ1v) is 5.39. The van der Waals surface area contributed by atoms with Crippen LogP contribution in [-0.4, -0.2) is 29.8 Å². The third-order valence-corrected chi connectivity index (χ3v) is 2.61. The Bertz CT molecular complexity index is 546. The number of amides is 4. The van der Waals surface area contributed by atoms with Crippen LogP contribution >= 0.6 is 15.9 Å². The van der Waals surface area contributed by atoms with E-state index in [0.717, 1.165) is 4.90 Å². The molecule has 17 heavy (non-hydrogen) atoms. The van der Waals surface area contributed by atoms with E-state index in [4.69, 9.17) is 4.42 Å². The van der Waals surface area contributed by atoms with E-state index in [1.165, 1.54) is 13.1 Å². The van der Waals surface area contributed by atoms with E-state index in [1.807, 2.05) is 5.32 Å². The molecule has 0 aliphatic carbocycles. The third kappa shape index (κ3) is 2.14. The molecule has 7 heteroatoms. The number of furan rings is 1. The van der Waals surface area contributed by atoms with Gasteiger partial charge in [-0.2, -0.15) is 0 Å². The van der Waals surface area contributed by atoms with Crippen LogP contribution in [0.4, 0.5) is 4.79 Å². The quantitative estimate of drug-likeness (QED) is 0.623. The normalized spacial score (nSPS) is 18.8. The number of carbonyl (C=O) groups is 3. The summed E-state index contributed by atoms with van der Waals surface area (Å²) in [5, 5.41) is 2.04. The zero-order valence-corrected chi connectivity index (χ0v) is 10.3. The zero-order valence-electron chi connectivity index (χ0n) is 8.69. The largest absolute Gasteiger partial charge is 0.450 e. The Labute approximate surface area is 104 Å². The maximum Gasteiger partial charge on any atom is 0.331 e. The molecule has 88 valence electrons. The molecule has 0 radical (unpaired) electrons. The zero-order chi connectivity index (χ0) is 12.6. The smallest absolute Gasteiger partial charge is 0.331 e. The molecule has 0 atom stereocenters. The summed E-state index contributed by atoms with van der Waals surface area (Å²) in [4.78, 5) is 35.1. The second-order valence-electron chi connectivity index (χ2n) is 3.32. The molecule has 1 N–H and O–H groups in total. The van der Waals surface area contributed by atoms with E-state index in [9.17, 15) is 14.4 Å². The van der Waals surface area contributed by atoms with Crippen LogP contribution in [0, 0.1) is 0 Å². The number of imide groups is 2. The predicted molar refractivity (Wildman–Crippen MR) is 60.7 cm³/mol. The lowest BCUT2D eigenvalue weighted by Gasteiger charge is -2.21. The molecule has 0 aromatic carbocycles. The summed E-state index contributed by atoms with van der Waals surface area (Å²) in [6.07, 6.45) is 1.28. The lowest BCUT2D eigenvalue weighted by Crippen LogP contribution is -2.52. The lowest BCUT2D eigenvalue weighted by atomic mass is 10.1. The number of carbonyl (C=O) groups excluding carboxylic acids is 3. The van der Waals surface area contributed by atoms with Crippen LogP contribution in [0.2, 0.25) is 0 Å². The highest BCUT2D eigenvalue weighted by Gasteiger charge is 2.33. The van der Waals surface area contributed by atoms with E-state index in [-0.39, 0.29) is 5.57 Å². The maximum atomic E-state index is 11.7. The van der Waals surface area contributed by atoms with E-state index in [0.29, 0.717) is 10.4 Å². The summed E-state index contributed by atoms with van der Waals surface area (Å²) in [6, 6.07) is 2.48. The summed E-state index contributed by atoms with van der Waals surface area (Å²) in [6.45, 7) is 0. The van der Waals surface area contributed by atoms with Gasteiger partial charge in [-0.25, -0.2) is 4.79 Å². The van der Waals surface area contributed by atoms with Crippen molar-refractivity contribution in [2.24, 2.45) is 0 Å². The Morgan fingerprint density at radius 2 is 2.06 bits per heavy atom. The Balaban J connectivity index is 2.37. The fraction of sp³-hybridized carbons (Fsp3) is 0.100. The molecule has 0 saturated carbocycles. The van der Waals surface area contributed by atoms with Gasteiger partial charge in [-0.15, -0.1) is 0 Å². The molecule has 1 aliphatic rings. The summed E-state index contributed by atoms with van der Waals surface area (Å²) in [5.74, 6) is -1.05. The molecule has 2 rings (SSSR count). The van der Waals surface area contributed by atoms with Gasteiger partial charge in [-0.05, 0) is 34.1 Å². The Morgan fingerprint density at radius 1 is 1.35 bits per heavy atom. The van der Waals surface area contributed by atoms with Gasteiger partial charge in [-0.1, -0.05) is 0 Å². The van der Waals surface area contributed by atoms with Crippen molar-refractivity contribution in [3.8, 4) is 0 Å². The number of rotatable bonds is 1. The molecular formula is C10H7BrN2O4. The van der Waals surface area contributed by atoms with Crippen molar-refractivity contribution in [3.63, 3.8) is 0 Å². The highest BCUT2D eigenvalue weighted by atomic mass is 79.9. The monoisotopic (exact) mass is 298 g/mol. The Morgan fingerprint density at radius 3 is 2.65 bits per heavy atom. The molecule has 1 saturated heterocycles. The van der Waals surface area contributed by atoms with Gasteiger partial charge in [-0.3, -0.25) is 19.8 Å². The Hall–Kier alpha value is -1.89. The van der Waals surface area contributed by atoms with Gasteiger partial charge in [0.05, 0.1) is 0 Å². The number of nitrogens with one attached hydrogen (secondary N) is 1. The van der Waals surface area contributed by atoms with Gasteiger partial charge < -0.3 is 4.42 Å². The van der Waals surface area contributed by atoms with Crippen molar-refractivity contribution in [1.29, 1.82) is 0 Å². The van der Waals surface area contributed by atoms with Gasteiger partial charge in [0.2, 0.25) is 0 Å². The van der Waals surface area contributed by atoms with Gasteiger partial charge in [0.25, 0.3) is 11.8 Å². The Kier molecular flexibility index (Phi) is 2.84. The first kappa shape index (κ1) is 11.6. The number of hydrogen-bond donors (Lipinski definition) is 1. The van der Waals surface area contributed by atoms with Crippen LogP contribution in [0.15, 0.2) is 26.8 Å². The molecule has 6 nitrogen and oxygen atoms in total. The number of barbiturate groups is 1. The van der Waals surface area contributed by atoms with Crippen molar-refractivity contribution in [2.45, 2.75) is 0 Å². The van der Waals surface area contributed by atoms with Crippen LogP contribution in [0.1, 0.15) is 5.76 Å². The average molecular weight is 299 g/mol. The van der Waals surface area contributed by atoms with E-state index < -0.39 is 17.8 Å². The van der Waals surface area contributed by atoms with Crippen LogP contribution in [-0.2, 0) is 9.59 Å². The van der Waals surface area contributed by atoms with Gasteiger partial charge in [0, 0.05) is 7.05 Å².